The van der Waals surface area contributed by atoms with Crippen molar-refractivity contribution < 1.29 is 14.7 Å². The van der Waals surface area contributed by atoms with Gasteiger partial charge in [-0.1, -0.05) is 32.9 Å². The van der Waals surface area contributed by atoms with E-state index in [0.29, 0.717) is 18.1 Å². The van der Waals surface area contributed by atoms with Gasteiger partial charge in [0.1, 0.15) is 5.78 Å². The lowest BCUT2D eigenvalue weighted by atomic mass is 9.37. The first-order chi connectivity index (χ1) is 10.6. The van der Waals surface area contributed by atoms with E-state index in [-0.39, 0.29) is 34.2 Å². The molecule has 0 aromatic rings. The first kappa shape index (κ1) is 15.2. The molecule has 0 saturated heterocycles. The van der Waals surface area contributed by atoms with Gasteiger partial charge in [0.2, 0.25) is 5.78 Å². The molecule has 4 saturated carbocycles. The van der Waals surface area contributed by atoms with Crippen molar-refractivity contribution >= 4 is 11.6 Å². The molecular formula is C20H26O3. The SMILES string of the molecule is C=C1CC23CCC4C(C)(C)C(=O)C(O)=CC4(C)C2CC1CC3=O. The normalized spacial score (nSPS) is 47.9. The number of aliphatic hydroxyl groups is 1. The fourth-order valence-corrected chi connectivity index (χ4v) is 6.69. The quantitative estimate of drug-likeness (QED) is 0.688. The van der Waals surface area contributed by atoms with Gasteiger partial charge in [0.05, 0.1) is 0 Å². The summed E-state index contributed by atoms with van der Waals surface area (Å²) in [6.45, 7) is 10.3. The van der Waals surface area contributed by atoms with Gasteiger partial charge in [-0.25, -0.2) is 0 Å². The zero-order valence-corrected chi connectivity index (χ0v) is 14.3. The summed E-state index contributed by atoms with van der Waals surface area (Å²) in [6, 6.07) is 0. The molecule has 2 bridgehead atoms. The molecule has 23 heavy (non-hydrogen) atoms. The van der Waals surface area contributed by atoms with Crippen LogP contribution >= 0.6 is 0 Å². The zero-order chi connectivity index (χ0) is 16.8. The van der Waals surface area contributed by atoms with Crippen molar-refractivity contribution in [2.24, 2.45) is 34.0 Å². The van der Waals surface area contributed by atoms with E-state index in [4.69, 9.17) is 0 Å². The maximum atomic E-state index is 12.9. The first-order valence-corrected chi connectivity index (χ1v) is 8.80. The summed E-state index contributed by atoms with van der Waals surface area (Å²) in [7, 11) is 0. The summed E-state index contributed by atoms with van der Waals surface area (Å²) >= 11 is 0. The highest BCUT2D eigenvalue weighted by Gasteiger charge is 2.67. The van der Waals surface area contributed by atoms with Crippen LogP contribution in [0.15, 0.2) is 24.0 Å². The number of hydrogen-bond acceptors (Lipinski definition) is 3. The van der Waals surface area contributed by atoms with Gasteiger partial charge >= 0.3 is 0 Å². The summed E-state index contributed by atoms with van der Waals surface area (Å²) in [6.07, 6.45) is 5.98. The van der Waals surface area contributed by atoms with Crippen LogP contribution in [-0.2, 0) is 9.59 Å². The maximum Gasteiger partial charge on any atom is 0.202 e. The number of carbonyl (C=O) groups is 2. The molecule has 3 heteroatoms. The van der Waals surface area contributed by atoms with E-state index in [9.17, 15) is 14.7 Å². The molecule has 124 valence electrons. The van der Waals surface area contributed by atoms with E-state index >= 15 is 0 Å². The predicted molar refractivity (Wildman–Crippen MR) is 87.7 cm³/mol. The fraction of sp³-hybridized carbons (Fsp3) is 0.700. The maximum absolute atomic E-state index is 12.9. The minimum Gasteiger partial charge on any atom is -0.505 e. The Morgan fingerprint density at radius 3 is 2.61 bits per heavy atom. The molecule has 3 nitrogen and oxygen atoms in total. The van der Waals surface area contributed by atoms with Gasteiger partial charge in [-0.05, 0) is 54.9 Å². The van der Waals surface area contributed by atoms with Crippen LogP contribution in [0.1, 0.15) is 52.9 Å². The van der Waals surface area contributed by atoms with Crippen molar-refractivity contribution in [1.82, 2.24) is 0 Å². The highest BCUT2D eigenvalue weighted by molar-refractivity contribution is 5.99. The van der Waals surface area contributed by atoms with E-state index in [1.807, 2.05) is 13.8 Å². The Balaban J connectivity index is 1.88. The third-order valence-corrected chi connectivity index (χ3v) is 7.81. The second-order valence-electron chi connectivity index (χ2n) is 9.14. The second-order valence-corrected chi connectivity index (χ2v) is 9.14. The van der Waals surface area contributed by atoms with Gasteiger partial charge < -0.3 is 5.11 Å². The number of ketones is 2. The molecule has 0 aromatic heterocycles. The molecule has 5 atom stereocenters. The summed E-state index contributed by atoms with van der Waals surface area (Å²) < 4.78 is 0. The lowest BCUT2D eigenvalue weighted by Crippen LogP contribution is -2.63. The van der Waals surface area contributed by atoms with Gasteiger partial charge in [-0.3, -0.25) is 9.59 Å². The van der Waals surface area contributed by atoms with Crippen LogP contribution in [0.2, 0.25) is 0 Å². The Bertz CT molecular complexity index is 670. The van der Waals surface area contributed by atoms with Crippen molar-refractivity contribution in [1.29, 1.82) is 0 Å². The van der Waals surface area contributed by atoms with Gasteiger partial charge in [-0.15, -0.1) is 0 Å². The number of Topliss-reactive ketones (excluding diaryl/α,β-unsaturated/α-hetero) is 2. The zero-order valence-electron chi connectivity index (χ0n) is 14.3. The van der Waals surface area contributed by atoms with Crippen LogP contribution < -0.4 is 0 Å². The summed E-state index contributed by atoms with van der Waals surface area (Å²) in [5, 5.41) is 10.3. The van der Waals surface area contributed by atoms with Crippen molar-refractivity contribution in [3.05, 3.63) is 24.0 Å². The molecule has 0 aliphatic heterocycles. The molecule has 0 heterocycles. The molecule has 5 aliphatic rings. The third kappa shape index (κ3) is 1.61. The number of aliphatic hydroxyl groups excluding tert-OH is 1. The highest BCUT2D eigenvalue weighted by atomic mass is 16.3. The molecule has 5 aliphatic carbocycles. The first-order valence-electron chi connectivity index (χ1n) is 8.80. The van der Waals surface area contributed by atoms with E-state index < -0.39 is 5.41 Å². The topological polar surface area (TPSA) is 54.4 Å². The fourth-order valence-electron chi connectivity index (χ4n) is 6.69. The molecule has 0 aromatic carbocycles. The minimum absolute atomic E-state index is 0.0986. The molecular weight excluding hydrogens is 288 g/mol. The third-order valence-electron chi connectivity index (χ3n) is 7.81. The molecule has 1 N–H and O–H groups in total. The van der Waals surface area contributed by atoms with Gasteiger partial charge in [-0.2, -0.15) is 0 Å². The van der Waals surface area contributed by atoms with Crippen molar-refractivity contribution in [2.45, 2.75) is 52.9 Å². The Hall–Kier alpha value is -1.38. The Labute approximate surface area is 137 Å². The number of rotatable bonds is 0. The average Bonchev–Trinajstić information content (AvgIpc) is 2.45. The number of allylic oxidation sites excluding steroid dienone is 3. The van der Waals surface area contributed by atoms with E-state index in [2.05, 4.69) is 13.5 Å². The standard InChI is InChI=1S/C20H26O3/c1-11-9-20-6-5-14-18(2,3)17(23)13(21)10-19(14,4)15(20)7-12(11)8-16(20)22/h10,12,14-15,21H,1,5-9H2,2-4H3. The van der Waals surface area contributed by atoms with Gasteiger partial charge in [0, 0.05) is 17.3 Å². The van der Waals surface area contributed by atoms with Crippen LogP contribution in [-0.4, -0.2) is 16.7 Å². The number of hydrogen-bond donors (Lipinski definition) is 1. The van der Waals surface area contributed by atoms with E-state index in [1.165, 1.54) is 5.57 Å². The van der Waals surface area contributed by atoms with Gasteiger partial charge in [0.15, 0.2) is 5.76 Å². The highest BCUT2D eigenvalue weighted by Crippen LogP contribution is 2.69. The summed E-state index contributed by atoms with van der Waals surface area (Å²) in [5.41, 5.74) is 0.0904. The summed E-state index contributed by atoms with van der Waals surface area (Å²) in [4.78, 5) is 25.4. The Morgan fingerprint density at radius 1 is 1.22 bits per heavy atom. The van der Waals surface area contributed by atoms with Crippen LogP contribution in [0.25, 0.3) is 0 Å². The summed E-state index contributed by atoms with van der Waals surface area (Å²) in [5.74, 6) is 0.857. The molecule has 4 fully saturated rings. The largest absolute Gasteiger partial charge is 0.505 e. The lowest BCUT2D eigenvalue weighted by Gasteiger charge is -2.65. The van der Waals surface area contributed by atoms with Crippen LogP contribution in [0.4, 0.5) is 0 Å². The smallest absolute Gasteiger partial charge is 0.202 e. The van der Waals surface area contributed by atoms with Crippen LogP contribution in [0.5, 0.6) is 0 Å². The van der Waals surface area contributed by atoms with Crippen molar-refractivity contribution in [3.63, 3.8) is 0 Å². The monoisotopic (exact) mass is 314 g/mol. The molecule has 5 unspecified atom stereocenters. The average molecular weight is 314 g/mol. The minimum atomic E-state index is -0.564. The van der Waals surface area contributed by atoms with Crippen LogP contribution in [0.3, 0.4) is 0 Å². The lowest BCUT2D eigenvalue weighted by molar-refractivity contribution is -0.167. The molecule has 5 rings (SSSR count). The second kappa shape index (κ2) is 4.17. The van der Waals surface area contributed by atoms with E-state index in [0.717, 1.165) is 25.7 Å². The van der Waals surface area contributed by atoms with Crippen molar-refractivity contribution in [2.75, 3.05) is 0 Å². The number of fused-ring (bicyclic) bond motifs is 3. The Morgan fingerprint density at radius 2 is 1.91 bits per heavy atom. The van der Waals surface area contributed by atoms with Crippen LogP contribution in [0, 0.1) is 34.0 Å². The van der Waals surface area contributed by atoms with E-state index in [1.54, 1.807) is 6.08 Å². The molecule has 1 spiro atoms. The number of carbonyl (C=O) groups excluding carboxylic acids is 2. The molecule has 0 amide bonds. The molecule has 0 radical (unpaired) electrons. The van der Waals surface area contributed by atoms with Crippen molar-refractivity contribution in [3.8, 4) is 0 Å². The van der Waals surface area contributed by atoms with Gasteiger partial charge in [0.25, 0.3) is 0 Å². The predicted octanol–water partition coefficient (Wildman–Crippen LogP) is 4.00. The Kier molecular flexibility index (Phi) is 2.75.